The third-order valence-corrected chi connectivity index (χ3v) is 4.87. The summed E-state index contributed by atoms with van der Waals surface area (Å²) in [6, 6.07) is 3.61. The first-order valence-corrected chi connectivity index (χ1v) is 8.25. The summed E-state index contributed by atoms with van der Waals surface area (Å²) in [5.74, 6) is 1.51. The molecular formula is C14H15BrN2O3S. The molecule has 21 heavy (non-hydrogen) atoms. The number of aryl methyl sites for hydroxylation is 2. The minimum absolute atomic E-state index is 0.0724. The van der Waals surface area contributed by atoms with Crippen molar-refractivity contribution in [2.24, 2.45) is 0 Å². The number of nitrogens with zero attached hydrogens (tertiary/aromatic N) is 2. The first-order chi connectivity index (χ1) is 10.1. The van der Waals surface area contributed by atoms with Gasteiger partial charge in [0.25, 0.3) is 5.91 Å². The van der Waals surface area contributed by atoms with Crippen molar-refractivity contribution in [3.63, 3.8) is 0 Å². The molecule has 5 nitrogen and oxygen atoms in total. The Labute approximate surface area is 135 Å². The molecular weight excluding hydrogens is 356 g/mol. The van der Waals surface area contributed by atoms with Crippen molar-refractivity contribution in [2.75, 3.05) is 19.8 Å². The molecule has 1 unspecified atom stereocenters. The third kappa shape index (κ3) is 2.90. The molecule has 2 aromatic heterocycles. The number of hydrogen-bond donors (Lipinski definition) is 0. The number of morpholine rings is 1. The van der Waals surface area contributed by atoms with Gasteiger partial charge >= 0.3 is 0 Å². The molecule has 2 aromatic rings. The van der Waals surface area contributed by atoms with E-state index in [4.69, 9.17) is 9.15 Å². The number of hydrogen-bond acceptors (Lipinski definition) is 5. The number of carbonyl (C=O) groups is 1. The molecule has 0 N–H and O–H groups in total. The van der Waals surface area contributed by atoms with Crippen molar-refractivity contribution in [2.45, 2.75) is 19.9 Å². The molecule has 1 aliphatic rings. The molecule has 7 heteroatoms. The van der Waals surface area contributed by atoms with Crippen LogP contribution in [0.15, 0.2) is 20.5 Å². The molecule has 0 aromatic carbocycles. The first-order valence-electron chi connectivity index (χ1n) is 6.64. The van der Waals surface area contributed by atoms with Gasteiger partial charge in [0.05, 0.1) is 13.2 Å². The zero-order valence-corrected chi connectivity index (χ0v) is 14.2. The highest BCUT2D eigenvalue weighted by molar-refractivity contribution is 9.11. The van der Waals surface area contributed by atoms with Crippen LogP contribution >= 0.6 is 27.3 Å². The van der Waals surface area contributed by atoms with Crippen LogP contribution in [0.4, 0.5) is 0 Å². The van der Waals surface area contributed by atoms with Gasteiger partial charge in [-0.2, -0.15) is 0 Å². The Kier molecular flexibility index (Phi) is 4.14. The normalized spacial score (nSPS) is 19.0. The van der Waals surface area contributed by atoms with Crippen LogP contribution in [-0.2, 0) is 4.74 Å². The highest BCUT2D eigenvalue weighted by Gasteiger charge is 2.33. The van der Waals surface area contributed by atoms with E-state index in [-0.39, 0.29) is 11.9 Å². The number of thiazole rings is 1. The summed E-state index contributed by atoms with van der Waals surface area (Å²) in [5.41, 5.74) is 0.502. The molecule has 112 valence electrons. The van der Waals surface area contributed by atoms with E-state index in [2.05, 4.69) is 20.9 Å². The zero-order valence-electron chi connectivity index (χ0n) is 11.8. The van der Waals surface area contributed by atoms with E-state index >= 15 is 0 Å². The number of ether oxygens (including phenoxy) is 1. The Morgan fingerprint density at radius 1 is 1.48 bits per heavy atom. The SMILES string of the molecule is Cc1ccc(C2COCCN2C(=O)c2nc(Br)sc2C)o1. The molecule has 0 aliphatic carbocycles. The Morgan fingerprint density at radius 3 is 2.90 bits per heavy atom. The predicted octanol–water partition coefficient (Wildman–Crippen LogP) is 3.33. The maximum atomic E-state index is 12.8. The molecule has 3 rings (SSSR count). The minimum Gasteiger partial charge on any atom is -0.464 e. The van der Waals surface area contributed by atoms with Gasteiger partial charge in [-0.05, 0) is 41.9 Å². The Morgan fingerprint density at radius 2 is 2.29 bits per heavy atom. The van der Waals surface area contributed by atoms with Gasteiger partial charge in [0, 0.05) is 11.4 Å². The van der Waals surface area contributed by atoms with Crippen LogP contribution in [0.2, 0.25) is 0 Å². The first kappa shape index (κ1) is 14.7. The summed E-state index contributed by atoms with van der Waals surface area (Å²) >= 11 is 4.80. The van der Waals surface area contributed by atoms with Crippen molar-refractivity contribution in [3.8, 4) is 0 Å². The van der Waals surface area contributed by atoms with Crippen molar-refractivity contribution in [1.29, 1.82) is 0 Å². The highest BCUT2D eigenvalue weighted by atomic mass is 79.9. The highest BCUT2D eigenvalue weighted by Crippen LogP contribution is 2.30. The third-order valence-electron chi connectivity index (χ3n) is 3.45. The van der Waals surface area contributed by atoms with Crippen LogP contribution in [0.1, 0.15) is 32.9 Å². The molecule has 0 spiro atoms. The van der Waals surface area contributed by atoms with E-state index in [0.717, 1.165) is 20.3 Å². The average molecular weight is 371 g/mol. The quantitative estimate of drug-likeness (QED) is 0.813. The van der Waals surface area contributed by atoms with Crippen LogP contribution in [0, 0.1) is 13.8 Å². The Hall–Kier alpha value is -1.18. The summed E-state index contributed by atoms with van der Waals surface area (Å²) in [4.78, 5) is 19.8. The maximum absolute atomic E-state index is 12.8. The lowest BCUT2D eigenvalue weighted by Gasteiger charge is -2.34. The van der Waals surface area contributed by atoms with E-state index in [0.29, 0.717) is 25.5 Å². The number of halogens is 1. The van der Waals surface area contributed by atoms with Gasteiger partial charge in [-0.25, -0.2) is 4.98 Å². The number of carbonyl (C=O) groups excluding carboxylic acids is 1. The molecule has 1 amide bonds. The van der Waals surface area contributed by atoms with E-state index in [9.17, 15) is 4.79 Å². The van der Waals surface area contributed by atoms with Gasteiger partial charge < -0.3 is 14.1 Å². The van der Waals surface area contributed by atoms with Gasteiger partial charge in [0.1, 0.15) is 23.3 Å². The average Bonchev–Trinajstić information content (AvgIpc) is 3.04. The smallest absolute Gasteiger partial charge is 0.274 e. The second-order valence-corrected chi connectivity index (χ2v) is 7.39. The molecule has 0 bridgehead atoms. The zero-order chi connectivity index (χ0) is 15.0. The molecule has 1 aliphatic heterocycles. The fraction of sp³-hybridized carbons (Fsp3) is 0.429. The lowest BCUT2D eigenvalue weighted by molar-refractivity contribution is -0.00924. The molecule has 0 saturated carbocycles. The molecule has 0 radical (unpaired) electrons. The number of rotatable bonds is 2. The van der Waals surface area contributed by atoms with E-state index in [1.807, 2.05) is 26.0 Å². The number of amides is 1. The van der Waals surface area contributed by atoms with E-state index in [1.165, 1.54) is 11.3 Å². The predicted molar refractivity (Wildman–Crippen MR) is 82.6 cm³/mol. The van der Waals surface area contributed by atoms with E-state index in [1.54, 1.807) is 4.90 Å². The topological polar surface area (TPSA) is 55.6 Å². The van der Waals surface area contributed by atoms with Crippen molar-refractivity contribution in [3.05, 3.63) is 38.1 Å². The molecule has 1 atom stereocenters. The van der Waals surface area contributed by atoms with Crippen LogP contribution < -0.4 is 0 Å². The summed E-state index contributed by atoms with van der Waals surface area (Å²) in [6.45, 7) is 5.32. The van der Waals surface area contributed by atoms with Crippen LogP contribution in [0.3, 0.4) is 0 Å². The summed E-state index contributed by atoms with van der Waals surface area (Å²) in [6.07, 6.45) is 0. The molecule has 1 fully saturated rings. The summed E-state index contributed by atoms with van der Waals surface area (Å²) in [7, 11) is 0. The maximum Gasteiger partial charge on any atom is 0.274 e. The van der Waals surface area contributed by atoms with Crippen molar-refractivity contribution in [1.82, 2.24) is 9.88 Å². The lowest BCUT2D eigenvalue weighted by atomic mass is 10.1. The van der Waals surface area contributed by atoms with Crippen molar-refractivity contribution < 1.29 is 13.9 Å². The molecule has 1 saturated heterocycles. The Balaban J connectivity index is 1.90. The standard InChI is InChI=1S/C14H15BrN2O3S/c1-8-3-4-11(20-8)10-7-19-6-5-17(10)13(18)12-9(2)21-14(15)16-12/h3-4,10H,5-7H2,1-2H3. The Bertz CT molecular complexity index is 667. The van der Waals surface area contributed by atoms with E-state index < -0.39 is 0 Å². The van der Waals surface area contributed by atoms with Gasteiger partial charge in [0.2, 0.25) is 0 Å². The van der Waals surface area contributed by atoms with Gasteiger partial charge in [-0.3, -0.25) is 4.79 Å². The van der Waals surface area contributed by atoms with Gasteiger partial charge in [-0.15, -0.1) is 11.3 Å². The van der Waals surface area contributed by atoms with Crippen molar-refractivity contribution >= 4 is 33.2 Å². The van der Waals surface area contributed by atoms with Crippen LogP contribution in [-0.4, -0.2) is 35.5 Å². The summed E-state index contributed by atoms with van der Waals surface area (Å²) < 4.78 is 11.9. The van der Waals surface area contributed by atoms with Crippen LogP contribution in [0.5, 0.6) is 0 Å². The molecule has 3 heterocycles. The lowest BCUT2D eigenvalue weighted by Crippen LogP contribution is -2.43. The largest absolute Gasteiger partial charge is 0.464 e. The number of furan rings is 1. The summed E-state index contributed by atoms with van der Waals surface area (Å²) in [5, 5.41) is 0. The van der Waals surface area contributed by atoms with Gasteiger partial charge in [-0.1, -0.05) is 0 Å². The second-order valence-electron chi connectivity index (χ2n) is 4.91. The number of aromatic nitrogens is 1. The van der Waals surface area contributed by atoms with Crippen LogP contribution in [0.25, 0.3) is 0 Å². The second kappa shape index (κ2) is 5.90. The van der Waals surface area contributed by atoms with Gasteiger partial charge in [0.15, 0.2) is 3.92 Å². The monoisotopic (exact) mass is 370 g/mol. The minimum atomic E-state index is -0.195. The fourth-order valence-corrected chi connectivity index (χ4v) is 3.94. The fourth-order valence-electron chi connectivity index (χ4n) is 2.41.